The van der Waals surface area contributed by atoms with Crippen molar-refractivity contribution in [2.75, 3.05) is 13.7 Å². The summed E-state index contributed by atoms with van der Waals surface area (Å²) in [5.74, 6) is -1.27. The first-order valence-electron chi connectivity index (χ1n) is 7.51. The van der Waals surface area contributed by atoms with Gasteiger partial charge in [0.05, 0.1) is 25.9 Å². The van der Waals surface area contributed by atoms with Gasteiger partial charge >= 0.3 is 5.97 Å². The van der Waals surface area contributed by atoms with E-state index in [0.717, 1.165) is 7.11 Å². The van der Waals surface area contributed by atoms with E-state index in [1.54, 1.807) is 0 Å². The Morgan fingerprint density at radius 2 is 2.12 bits per heavy atom. The van der Waals surface area contributed by atoms with Crippen LogP contribution < -0.4 is 5.32 Å². The van der Waals surface area contributed by atoms with Gasteiger partial charge in [-0.25, -0.2) is 4.79 Å². The zero-order chi connectivity index (χ0) is 18.5. The summed E-state index contributed by atoms with van der Waals surface area (Å²) in [4.78, 5) is 23.5. The number of amides is 1. The molecule has 1 aliphatic rings. The van der Waals surface area contributed by atoms with Crippen LogP contribution in [0.25, 0.3) is 0 Å². The predicted octanol–water partition coefficient (Wildman–Crippen LogP) is -2.16. The van der Waals surface area contributed by atoms with E-state index >= 15 is 0 Å². The highest BCUT2D eigenvalue weighted by Gasteiger charge is 2.54. The Morgan fingerprint density at radius 1 is 1.50 bits per heavy atom. The molecule has 6 atom stereocenters. The summed E-state index contributed by atoms with van der Waals surface area (Å²) in [5, 5.41) is 41.8. The van der Waals surface area contributed by atoms with E-state index in [-0.39, 0.29) is 12.8 Å². The van der Waals surface area contributed by atoms with Gasteiger partial charge < -0.3 is 35.2 Å². The molecule has 24 heavy (non-hydrogen) atoms. The van der Waals surface area contributed by atoms with Crippen LogP contribution in [0.3, 0.4) is 0 Å². The molecule has 6 unspecified atom stereocenters. The van der Waals surface area contributed by atoms with Crippen LogP contribution in [0.4, 0.5) is 0 Å². The first-order chi connectivity index (χ1) is 11.2. The minimum absolute atomic E-state index is 0.0119. The molecule has 0 spiro atoms. The van der Waals surface area contributed by atoms with Crippen LogP contribution in [0.5, 0.6) is 0 Å². The van der Waals surface area contributed by atoms with E-state index in [1.165, 1.54) is 13.0 Å². The van der Waals surface area contributed by atoms with E-state index in [0.29, 0.717) is 0 Å². The molecule has 0 bridgehead atoms. The van der Waals surface area contributed by atoms with Crippen LogP contribution in [0.2, 0.25) is 0 Å². The molecular formula is C15H25NO8. The summed E-state index contributed by atoms with van der Waals surface area (Å²) < 4.78 is 10.4. The number of carbonyl (C=O) groups excluding carboxylic acids is 2. The molecule has 1 fully saturated rings. The van der Waals surface area contributed by atoms with Gasteiger partial charge in [0.2, 0.25) is 5.91 Å². The molecule has 9 nitrogen and oxygen atoms in total. The van der Waals surface area contributed by atoms with Gasteiger partial charge in [-0.3, -0.25) is 4.79 Å². The van der Waals surface area contributed by atoms with Crippen LogP contribution in [0, 0.1) is 0 Å². The maximum atomic E-state index is 12.2. The van der Waals surface area contributed by atoms with Gasteiger partial charge in [0.15, 0.2) is 5.60 Å². The minimum atomic E-state index is -1.66. The van der Waals surface area contributed by atoms with E-state index in [2.05, 4.69) is 11.9 Å². The van der Waals surface area contributed by atoms with Gasteiger partial charge in [-0.1, -0.05) is 6.08 Å². The smallest absolute Gasteiger partial charge is 0.338 e. The van der Waals surface area contributed by atoms with Crippen molar-refractivity contribution < 1.29 is 39.5 Å². The van der Waals surface area contributed by atoms with E-state index < -0.39 is 54.5 Å². The summed E-state index contributed by atoms with van der Waals surface area (Å²) in [6, 6.07) is -1.08. The molecule has 1 heterocycles. The van der Waals surface area contributed by atoms with Crippen LogP contribution in [0.15, 0.2) is 12.7 Å². The van der Waals surface area contributed by atoms with Crippen molar-refractivity contribution in [3.8, 4) is 0 Å². The van der Waals surface area contributed by atoms with E-state index in [4.69, 9.17) is 14.6 Å². The van der Waals surface area contributed by atoms with Crippen LogP contribution in [-0.2, 0) is 19.1 Å². The number of nitrogens with one attached hydrogen (secondary N) is 1. The summed E-state index contributed by atoms with van der Waals surface area (Å²) >= 11 is 0. The monoisotopic (exact) mass is 347 g/mol. The Balaban J connectivity index is 3.23. The second kappa shape index (κ2) is 8.54. The molecule has 0 aromatic carbocycles. The summed E-state index contributed by atoms with van der Waals surface area (Å²) in [6.07, 6.45) is -4.66. The van der Waals surface area contributed by atoms with Crippen LogP contribution in [-0.4, -0.2) is 82.1 Å². The Hall–Kier alpha value is -1.52. The molecule has 0 aromatic rings. The zero-order valence-corrected chi connectivity index (χ0v) is 13.7. The first kappa shape index (κ1) is 20.5. The molecular weight excluding hydrogens is 322 g/mol. The number of methoxy groups -OCH3 is 1. The standard InChI is InChI=1S/C15H25NO8/c1-4-5-15(14(22)23-3)6-9(19)11(16-8(2)18)13(24-15)12(21)10(20)7-17/h4,9-13,17,19-21H,1,5-7H2,2-3H3,(H,16,18). The molecule has 1 aliphatic heterocycles. The lowest BCUT2D eigenvalue weighted by Gasteiger charge is -2.47. The highest BCUT2D eigenvalue weighted by atomic mass is 16.6. The SMILES string of the molecule is C=CCC1(C(=O)OC)CC(O)C(NC(C)=O)C(C(O)C(O)CO)O1. The molecule has 9 heteroatoms. The van der Waals surface area contributed by atoms with Gasteiger partial charge in [-0.15, -0.1) is 6.58 Å². The van der Waals surface area contributed by atoms with E-state index in [1.807, 2.05) is 0 Å². The average Bonchev–Trinajstić information content (AvgIpc) is 2.54. The van der Waals surface area contributed by atoms with Crippen molar-refractivity contribution in [2.45, 2.75) is 55.8 Å². The highest BCUT2D eigenvalue weighted by Crippen LogP contribution is 2.35. The third-order valence-electron chi connectivity index (χ3n) is 3.99. The van der Waals surface area contributed by atoms with Crippen molar-refractivity contribution in [1.82, 2.24) is 5.32 Å². The number of carbonyl (C=O) groups is 2. The summed E-state index contributed by atoms with van der Waals surface area (Å²) in [7, 11) is 1.15. The molecule has 0 aliphatic carbocycles. The quantitative estimate of drug-likeness (QED) is 0.259. The van der Waals surface area contributed by atoms with E-state index in [9.17, 15) is 24.9 Å². The van der Waals surface area contributed by atoms with Crippen molar-refractivity contribution in [2.24, 2.45) is 0 Å². The van der Waals surface area contributed by atoms with Gasteiger partial charge in [0, 0.05) is 19.8 Å². The molecule has 0 saturated carbocycles. The number of ether oxygens (including phenoxy) is 2. The Labute approximate surface area is 139 Å². The Bertz CT molecular complexity index is 470. The number of aliphatic hydroxyl groups excluding tert-OH is 4. The first-order valence-corrected chi connectivity index (χ1v) is 7.51. The molecule has 138 valence electrons. The lowest BCUT2D eigenvalue weighted by molar-refractivity contribution is -0.230. The van der Waals surface area contributed by atoms with Gasteiger partial charge in [0.25, 0.3) is 0 Å². The topological polar surface area (TPSA) is 146 Å². The lowest BCUT2D eigenvalue weighted by Crippen LogP contribution is -2.67. The fourth-order valence-corrected chi connectivity index (χ4v) is 2.85. The maximum Gasteiger partial charge on any atom is 0.338 e. The third-order valence-corrected chi connectivity index (χ3v) is 3.99. The fraction of sp³-hybridized carbons (Fsp3) is 0.733. The van der Waals surface area contributed by atoms with Crippen LogP contribution >= 0.6 is 0 Å². The van der Waals surface area contributed by atoms with Crippen molar-refractivity contribution in [1.29, 1.82) is 0 Å². The highest BCUT2D eigenvalue weighted by molar-refractivity contribution is 5.80. The summed E-state index contributed by atoms with van der Waals surface area (Å²) in [5.41, 5.74) is -1.62. The molecule has 1 amide bonds. The number of esters is 1. The maximum absolute atomic E-state index is 12.2. The normalized spacial score (nSPS) is 32.5. The number of aliphatic hydroxyl groups is 4. The molecule has 5 N–H and O–H groups in total. The minimum Gasteiger partial charge on any atom is -0.467 e. The third kappa shape index (κ3) is 4.31. The Morgan fingerprint density at radius 3 is 2.58 bits per heavy atom. The second-order valence-corrected chi connectivity index (χ2v) is 5.80. The molecule has 0 radical (unpaired) electrons. The predicted molar refractivity (Wildman–Crippen MR) is 81.8 cm³/mol. The summed E-state index contributed by atoms with van der Waals surface area (Å²) in [6.45, 7) is 3.98. The average molecular weight is 347 g/mol. The fourth-order valence-electron chi connectivity index (χ4n) is 2.85. The van der Waals surface area contributed by atoms with Gasteiger partial charge in [-0.05, 0) is 0 Å². The van der Waals surface area contributed by atoms with Crippen molar-refractivity contribution in [3.63, 3.8) is 0 Å². The molecule has 1 rings (SSSR count). The van der Waals surface area contributed by atoms with Crippen molar-refractivity contribution >= 4 is 11.9 Å². The Kier molecular flexibility index (Phi) is 7.30. The number of hydrogen-bond donors (Lipinski definition) is 5. The lowest BCUT2D eigenvalue weighted by atomic mass is 9.82. The largest absolute Gasteiger partial charge is 0.467 e. The van der Waals surface area contributed by atoms with Crippen molar-refractivity contribution in [3.05, 3.63) is 12.7 Å². The van der Waals surface area contributed by atoms with Gasteiger partial charge in [-0.2, -0.15) is 0 Å². The second-order valence-electron chi connectivity index (χ2n) is 5.80. The van der Waals surface area contributed by atoms with Crippen LogP contribution in [0.1, 0.15) is 19.8 Å². The molecule has 0 aromatic heterocycles. The number of rotatable bonds is 7. The zero-order valence-electron chi connectivity index (χ0n) is 13.7. The number of hydrogen-bond acceptors (Lipinski definition) is 8. The van der Waals surface area contributed by atoms with Gasteiger partial charge in [0.1, 0.15) is 18.3 Å². The molecule has 1 saturated heterocycles.